The number of aliphatic hydroxyl groups is 2. The van der Waals surface area contributed by atoms with Crippen LogP contribution in [0.1, 0.15) is 115 Å². The molecule has 64 heavy (non-hydrogen) atoms. The summed E-state index contributed by atoms with van der Waals surface area (Å²) in [5.74, 6) is -0.500. The van der Waals surface area contributed by atoms with Crippen molar-refractivity contribution in [2.45, 2.75) is 130 Å². The molecule has 0 amide bonds. The average molecular weight is 901 g/mol. The van der Waals surface area contributed by atoms with Gasteiger partial charge in [-0.25, -0.2) is 0 Å². The summed E-state index contributed by atoms with van der Waals surface area (Å²) in [5.41, 5.74) is 2.61. The zero-order valence-corrected chi connectivity index (χ0v) is 38.8. The quantitative estimate of drug-likeness (QED) is 0.0632. The predicted octanol–water partition coefficient (Wildman–Crippen LogP) is 10.2. The van der Waals surface area contributed by atoms with Gasteiger partial charge >= 0.3 is 25.5 Å². The molecule has 12 heteroatoms. The van der Waals surface area contributed by atoms with Gasteiger partial charge < -0.3 is 33.5 Å². The summed E-state index contributed by atoms with van der Waals surface area (Å²) in [6, 6.07) is 27.7. The van der Waals surface area contributed by atoms with Gasteiger partial charge in [0.1, 0.15) is 6.61 Å². The third-order valence-electron chi connectivity index (χ3n) is 15.9. The van der Waals surface area contributed by atoms with Crippen molar-refractivity contribution in [3.05, 3.63) is 108 Å². The van der Waals surface area contributed by atoms with Crippen LogP contribution in [0, 0.1) is 52.3 Å². The molecular formula is C52H69O11P. The molecule has 4 saturated carbocycles. The highest BCUT2D eigenvalue weighted by Crippen LogP contribution is 2.68. The molecule has 5 unspecified atom stereocenters. The van der Waals surface area contributed by atoms with E-state index in [1.807, 2.05) is 91.0 Å². The van der Waals surface area contributed by atoms with Crippen molar-refractivity contribution in [3.8, 4) is 0 Å². The lowest BCUT2D eigenvalue weighted by Gasteiger charge is -2.62. The molecule has 11 atom stereocenters. The number of hydrogen-bond donors (Lipinski definition) is 2. The molecule has 3 aromatic rings. The molecule has 0 bridgehead atoms. The predicted molar refractivity (Wildman–Crippen MR) is 242 cm³/mol. The van der Waals surface area contributed by atoms with Crippen LogP contribution in [-0.2, 0) is 62.0 Å². The third kappa shape index (κ3) is 11.7. The summed E-state index contributed by atoms with van der Waals surface area (Å²) in [7, 11) is -3.95. The van der Waals surface area contributed by atoms with Gasteiger partial charge in [0.2, 0.25) is 6.79 Å². The molecular weight excluding hydrogens is 832 g/mol. The lowest BCUT2D eigenvalue weighted by Crippen LogP contribution is -2.58. The Balaban J connectivity index is 0.900. The maximum Gasteiger partial charge on any atom is 0.332 e. The van der Waals surface area contributed by atoms with Crippen molar-refractivity contribution >= 4 is 25.5 Å². The number of esters is 3. The van der Waals surface area contributed by atoms with Crippen molar-refractivity contribution in [3.63, 3.8) is 0 Å². The lowest BCUT2D eigenvalue weighted by atomic mass is 9.43. The average Bonchev–Trinajstić information content (AvgIpc) is 3.66. The van der Waals surface area contributed by atoms with Gasteiger partial charge in [-0.1, -0.05) is 112 Å². The normalized spacial score (nSPS) is 29.6. The van der Waals surface area contributed by atoms with Crippen LogP contribution in [-0.4, -0.2) is 53.3 Å². The van der Waals surface area contributed by atoms with Gasteiger partial charge in [-0.15, -0.1) is 0 Å². The van der Waals surface area contributed by atoms with E-state index in [9.17, 15) is 29.2 Å². The van der Waals surface area contributed by atoms with E-state index in [1.165, 1.54) is 0 Å². The van der Waals surface area contributed by atoms with E-state index in [2.05, 4.69) is 20.8 Å². The summed E-state index contributed by atoms with van der Waals surface area (Å²) in [6.07, 6.45) is 7.56. The van der Waals surface area contributed by atoms with Crippen LogP contribution in [0.5, 0.6) is 0 Å². The van der Waals surface area contributed by atoms with Crippen molar-refractivity contribution in [2.75, 3.05) is 13.0 Å². The van der Waals surface area contributed by atoms with Crippen LogP contribution in [0.25, 0.3) is 0 Å². The van der Waals surface area contributed by atoms with Crippen LogP contribution in [0.4, 0.5) is 0 Å². The first-order chi connectivity index (χ1) is 30.8. The van der Waals surface area contributed by atoms with E-state index in [4.69, 9.17) is 23.3 Å². The minimum Gasteiger partial charge on any atom is -0.461 e. The molecule has 0 aromatic heterocycles. The van der Waals surface area contributed by atoms with Crippen LogP contribution in [0.2, 0.25) is 0 Å². The Labute approximate surface area is 379 Å². The third-order valence-corrected chi connectivity index (χ3v) is 17.8. The monoisotopic (exact) mass is 900 g/mol. The number of carbonyl (C=O) groups is 3. The highest BCUT2D eigenvalue weighted by atomic mass is 31.2. The van der Waals surface area contributed by atoms with E-state index in [0.29, 0.717) is 30.1 Å². The van der Waals surface area contributed by atoms with Crippen molar-refractivity contribution < 1.29 is 52.4 Å². The van der Waals surface area contributed by atoms with E-state index in [0.717, 1.165) is 68.1 Å². The smallest absolute Gasteiger partial charge is 0.332 e. The Morgan fingerprint density at radius 3 is 1.80 bits per heavy atom. The second-order valence-corrected chi connectivity index (χ2v) is 21.9. The molecule has 0 heterocycles. The Bertz CT molecular complexity index is 1980. The zero-order chi connectivity index (χ0) is 45.3. The minimum atomic E-state index is -3.95. The fourth-order valence-electron chi connectivity index (χ4n) is 12.4. The molecule has 0 radical (unpaired) electrons. The number of benzene rings is 3. The number of fused-ring (bicyclic) bond motifs is 5. The molecule has 3 aromatic carbocycles. The molecule has 4 aliphatic carbocycles. The summed E-state index contributed by atoms with van der Waals surface area (Å²) >= 11 is 0. The molecule has 0 saturated heterocycles. The van der Waals surface area contributed by atoms with E-state index >= 15 is 0 Å². The molecule has 11 nitrogen and oxygen atoms in total. The van der Waals surface area contributed by atoms with Crippen molar-refractivity contribution in [1.82, 2.24) is 0 Å². The van der Waals surface area contributed by atoms with Gasteiger partial charge in [-0.2, -0.15) is 0 Å². The summed E-state index contributed by atoms with van der Waals surface area (Å²) in [6.45, 7) is 6.51. The maximum atomic E-state index is 14.4. The van der Waals surface area contributed by atoms with Gasteiger partial charge in [-0.3, -0.25) is 18.9 Å². The first-order valence-corrected chi connectivity index (χ1v) is 25.3. The Hall–Kier alpha value is -3.86. The van der Waals surface area contributed by atoms with E-state index in [-0.39, 0.29) is 80.1 Å². The number of rotatable bonds is 20. The van der Waals surface area contributed by atoms with E-state index in [1.54, 1.807) is 0 Å². The highest BCUT2D eigenvalue weighted by Gasteiger charge is 2.62. The number of carbonyl (C=O) groups excluding carboxylic acids is 3. The first kappa shape index (κ1) is 48.1. The van der Waals surface area contributed by atoms with Crippen molar-refractivity contribution in [1.29, 1.82) is 0 Å². The van der Waals surface area contributed by atoms with Gasteiger partial charge in [0.05, 0.1) is 37.5 Å². The molecule has 0 spiro atoms. The van der Waals surface area contributed by atoms with Crippen LogP contribution < -0.4 is 0 Å². The SMILES string of the molecule is C[C@H](CCC(=O)OCOC(=O)CCC(CP(=O)(OCc1ccccc1)OCc1ccccc1)C(=O)OCc1ccccc1)C1CCC2C3C(CC[C@@]21C)[C@@]1(C)CC[C@@H](O)C[C@H]1C[C@@H]3O. The fourth-order valence-corrected chi connectivity index (χ4v) is 14.2. The number of aliphatic hydroxyl groups excluding tert-OH is 2. The second kappa shape index (κ2) is 21.6. The Morgan fingerprint density at radius 1 is 0.672 bits per heavy atom. The molecule has 348 valence electrons. The van der Waals surface area contributed by atoms with Crippen LogP contribution in [0.15, 0.2) is 91.0 Å². The van der Waals surface area contributed by atoms with Crippen LogP contribution >= 0.6 is 7.60 Å². The van der Waals surface area contributed by atoms with Gasteiger partial charge in [0.25, 0.3) is 0 Å². The molecule has 4 aliphatic rings. The van der Waals surface area contributed by atoms with Crippen molar-refractivity contribution in [2.24, 2.45) is 52.3 Å². The largest absolute Gasteiger partial charge is 0.461 e. The van der Waals surface area contributed by atoms with Gasteiger partial charge in [0, 0.05) is 12.8 Å². The minimum absolute atomic E-state index is 0.00771. The number of ether oxygens (including phenoxy) is 3. The lowest BCUT2D eigenvalue weighted by molar-refractivity contribution is -0.174. The molecule has 0 aliphatic heterocycles. The van der Waals surface area contributed by atoms with E-state index < -0.39 is 38.2 Å². The molecule has 4 fully saturated rings. The molecule has 7 rings (SSSR count). The van der Waals surface area contributed by atoms with Gasteiger partial charge in [-0.05, 0) is 127 Å². The molecule has 2 N–H and O–H groups in total. The Kier molecular flexibility index (Phi) is 16.2. The summed E-state index contributed by atoms with van der Waals surface area (Å²) < 4.78 is 42.7. The highest BCUT2D eigenvalue weighted by molar-refractivity contribution is 7.53. The van der Waals surface area contributed by atoms with Gasteiger partial charge in [0.15, 0.2) is 0 Å². The summed E-state index contributed by atoms with van der Waals surface area (Å²) in [5, 5.41) is 22.0. The fraction of sp³-hybridized carbons (Fsp3) is 0.596. The number of hydrogen-bond acceptors (Lipinski definition) is 11. The second-order valence-electron chi connectivity index (χ2n) is 19.8. The Morgan fingerprint density at radius 2 is 1.20 bits per heavy atom. The summed E-state index contributed by atoms with van der Waals surface area (Å²) in [4.78, 5) is 39.6. The maximum absolute atomic E-state index is 14.4. The first-order valence-electron chi connectivity index (χ1n) is 23.6. The zero-order valence-electron chi connectivity index (χ0n) is 37.9. The topological polar surface area (TPSA) is 155 Å². The standard InChI is InChI=1S/C52H69O11P/c1-36(43-21-22-44-49-45(26-28-52(43,44)3)51(2)27-25-42(53)29-41(51)30-46(49)54)19-23-47(55)60-35-61-48(56)24-20-40(50(57)59-31-37-13-7-4-8-14-37)34-64(58,62-32-38-15-9-5-10-16-38)63-33-39-17-11-6-12-18-39/h4-18,36,40-46,49,53-54H,19-35H2,1-3H3/t36-,40?,41+,42-,43?,44?,45?,46+,49?,51+,52-/m1/s1. The van der Waals surface area contributed by atoms with Crippen LogP contribution in [0.3, 0.4) is 0 Å².